The van der Waals surface area contributed by atoms with E-state index >= 15 is 0 Å². The SMILES string of the molecule is CC(CO)COc1ccc(C(C)(C)c2cc(Cl)c(OCC(O)CCl)c(Cl)c2)cc1. The highest BCUT2D eigenvalue weighted by Crippen LogP contribution is 2.40. The average Bonchev–Trinajstić information content (AvgIpc) is 2.71. The molecule has 0 bridgehead atoms. The number of hydrogen-bond donors (Lipinski definition) is 2. The van der Waals surface area contributed by atoms with Crippen LogP contribution in [0.5, 0.6) is 11.5 Å². The first kappa shape index (κ1) is 24.1. The van der Waals surface area contributed by atoms with Crippen molar-refractivity contribution in [2.45, 2.75) is 32.3 Å². The molecule has 0 aromatic heterocycles. The van der Waals surface area contributed by atoms with E-state index in [2.05, 4.69) is 13.8 Å². The van der Waals surface area contributed by atoms with Gasteiger partial charge in [-0.15, -0.1) is 11.6 Å². The molecule has 0 aliphatic carbocycles. The number of aliphatic hydroxyl groups is 2. The molecule has 0 aliphatic rings. The number of ether oxygens (including phenoxy) is 2. The Labute approximate surface area is 187 Å². The van der Waals surface area contributed by atoms with E-state index in [0.29, 0.717) is 22.4 Å². The lowest BCUT2D eigenvalue weighted by Crippen LogP contribution is -2.20. The molecule has 0 saturated heterocycles. The van der Waals surface area contributed by atoms with Crippen LogP contribution in [0.25, 0.3) is 0 Å². The standard InChI is InChI=1S/C22H27Cl3O4/c1-14(11-26)12-28-18-6-4-15(5-7-18)22(2,3)16-8-19(24)21(20(25)9-16)29-13-17(27)10-23/h4-9,14,17,26-27H,10-13H2,1-3H3. The van der Waals surface area contributed by atoms with E-state index in [4.69, 9.17) is 49.4 Å². The van der Waals surface area contributed by atoms with Crippen LogP contribution < -0.4 is 9.47 Å². The minimum Gasteiger partial charge on any atom is -0.493 e. The topological polar surface area (TPSA) is 58.9 Å². The second kappa shape index (κ2) is 10.7. The van der Waals surface area contributed by atoms with E-state index in [1.54, 1.807) is 0 Å². The smallest absolute Gasteiger partial charge is 0.156 e. The zero-order valence-electron chi connectivity index (χ0n) is 16.8. The quantitative estimate of drug-likeness (QED) is 0.471. The summed E-state index contributed by atoms with van der Waals surface area (Å²) in [6.07, 6.45) is -0.791. The molecule has 0 radical (unpaired) electrons. The first-order chi connectivity index (χ1) is 13.7. The van der Waals surface area contributed by atoms with Gasteiger partial charge in [0.05, 0.1) is 22.5 Å². The molecule has 0 amide bonds. The second-order valence-corrected chi connectivity index (χ2v) is 8.76. The third kappa shape index (κ3) is 6.40. The van der Waals surface area contributed by atoms with Crippen molar-refractivity contribution in [2.75, 3.05) is 25.7 Å². The number of aliphatic hydroxyl groups excluding tert-OH is 2. The first-order valence-corrected chi connectivity index (χ1v) is 10.7. The molecular formula is C22H27Cl3O4. The van der Waals surface area contributed by atoms with E-state index in [9.17, 15) is 5.11 Å². The third-order valence-electron chi connectivity index (χ3n) is 4.74. The number of halogens is 3. The fourth-order valence-corrected chi connectivity index (χ4v) is 3.39. The molecule has 2 unspecified atom stereocenters. The van der Waals surface area contributed by atoms with Crippen molar-refractivity contribution in [1.29, 1.82) is 0 Å². The molecule has 2 atom stereocenters. The van der Waals surface area contributed by atoms with Gasteiger partial charge in [0.1, 0.15) is 18.5 Å². The third-order valence-corrected chi connectivity index (χ3v) is 5.66. The second-order valence-electron chi connectivity index (χ2n) is 7.64. The summed E-state index contributed by atoms with van der Waals surface area (Å²) in [7, 11) is 0. The molecule has 0 heterocycles. The van der Waals surface area contributed by atoms with Crippen LogP contribution in [0.1, 0.15) is 31.9 Å². The molecule has 0 saturated carbocycles. The predicted octanol–water partition coefficient (Wildman–Crippen LogP) is 5.31. The summed E-state index contributed by atoms with van der Waals surface area (Å²) in [5.74, 6) is 1.24. The fraction of sp³-hybridized carbons (Fsp3) is 0.455. The van der Waals surface area contributed by atoms with Gasteiger partial charge in [-0.25, -0.2) is 0 Å². The van der Waals surface area contributed by atoms with Crippen molar-refractivity contribution in [1.82, 2.24) is 0 Å². The highest BCUT2D eigenvalue weighted by atomic mass is 35.5. The van der Waals surface area contributed by atoms with Gasteiger partial charge in [-0.3, -0.25) is 0 Å². The van der Waals surface area contributed by atoms with E-state index in [1.165, 1.54) is 0 Å². The Balaban J connectivity index is 2.19. The summed E-state index contributed by atoms with van der Waals surface area (Å²) in [6, 6.07) is 11.5. The Morgan fingerprint density at radius 1 is 0.966 bits per heavy atom. The normalized spacial score (nSPS) is 13.8. The van der Waals surface area contributed by atoms with Crippen molar-refractivity contribution in [3.8, 4) is 11.5 Å². The van der Waals surface area contributed by atoms with Gasteiger partial charge in [0.25, 0.3) is 0 Å². The highest BCUT2D eigenvalue weighted by molar-refractivity contribution is 6.37. The van der Waals surface area contributed by atoms with Gasteiger partial charge in [-0.1, -0.05) is 56.1 Å². The number of hydrogen-bond acceptors (Lipinski definition) is 4. The van der Waals surface area contributed by atoms with Crippen molar-refractivity contribution in [2.24, 2.45) is 5.92 Å². The van der Waals surface area contributed by atoms with Gasteiger partial charge in [0.15, 0.2) is 5.75 Å². The van der Waals surface area contributed by atoms with Crippen LogP contribution >= 0.6 is 34.8 Å². The summed E-state index contributed by atoms with van der Waals surface area (Å²) >= 11 is 18.4. The summed E-state index contributed by atoms with van der Waals surface area (Å²) < 4.78 is 11.2. The van der Waals surface area contributed by atoms with Gasteiger partial charge in [-0.2, -0.15) is 0 Å². The number of rotatable bonds is 10. The molecule has 7 heteroatoms. The Kier molecular flexibility index (Phi) is 8.92. The van der Waals surface area contributed by atoms with Crippen molar-refractivity contribution < 1.29 is 19.7 Å². The Morgan fingerprint density at radius 3 is 2.07 bits per heavy atom. The molecule has 2 N–H and O–H groups in total. The van der Waals surface area contributed by atoms with E-state index in [1.807, 2.05) is 43.3 Å². The maximum atomic E-state index is 9.57. The number of benzene rings is 2. The first-order valence-electron chi connectivity index (χ1n) is 9.39. The molecule has 2 rings (SSSR count). The Morgan fingerprint density at radius 2 is 1.55 bits per heavy atom. The van der Waals surface area contributed by atoms with Crippen molar-refractivity contribution >= 4 is 34.8 Å². The molecule has 2 aromatic carbocycles. The zero-order valence-corrected chi connectivity index (χ0v) is 19.1. The van der Waals surface area contributed by atoms with Gasteiger partial charge >= 0.3 is 0 Å². The summed E-state index contributed by atoms with van der Waals surface area (Å²) in [4.78, 5) is 0. The minimum atomic E-state index is -0.791. The van der Waals surface area contributed by atoms with Crippen LogP contribution in [0.3, 0.4) is 0 Å². The lowest BCUT2D eigenvalue weighted by atomic mass is 9.78. The van der Waals surface area contributed by atoms with Gasteiger partial charge < -0.3 is 19.7 Å². The number of alkyl halides is 1. The predicted molar refractivity (Wildman–Crippen MR) is 119 cm³/mol. The zero-order chi connectivity index (χ0) is 21.6. The monoisotopic (exact) mass is 460 g/mol. The maximum Gasteiger partial charge on any atom is 0.156 e. The molecule has 2 aromatic rings. The fourth-order valence-electron chi connectivity index (χ4n) is 2.71. The van der Waals surface area contributed by atoms with Crippen molar-refractivity contribution in [3.05, 3.63) is 57.6 Å². The molecule has 0 spiro atoms. The van der Waals surface area contributed by atoms with E-state index < -0.39 is 6.10 Å². The van der Waals surface area contributed by atoms with Gasteiger partial charge in [0.2, 0.25) is 0 Å². The largest absolute Gasteiger partial charge is 0.493 e. The minimum absolute atomic E-state index is 0.0159. The summed E-state index contributed by atoms with van der Waals surface area (Å²) in [6.45, 7) is 6.66. The van der Waals surface area contributed by atoms with Crippen LogP contribution in [0.2, 0.25) is 10.0 Å². The van der Waals surface area contributed by atoms with Crippen LogP contribution in [-0.4, -0.2) is 42.0 Å². The van der Waals surface area contributed by atoms with E-state index in [0.717, 1.165) is 16.9 Å². The average molecular weight is 462 g/mol. The molecule has 0 aliphatic heterocycles. The summed E-state index contributed by atoms with van der Waals surface area (Å²) in [5.41, 5.74) is 1.64. The van der Waals surface area contributed by atoms with Gasteiger partial charge in [0, 0.05) is 17.9 Å². The maximum absolute atomic E-state index is 9.57. The van der Waals surface area contributed by atoms with Crippen molar-refractivity contribution in [3.63, 3.8) is 0 Å². The van der Waals surface area contributed by atoms with Crippen LogP contribution in [-0.2, 0) is 5.41 Å². The Hall–Kier alpha value is -1.17. The molecule has 160 valence electrons. The van der Waals surface area contributed by atoms with E-state index in [-0.39, 0.29) is 30.4 Å². The van der Waals surface area contributed by atoms with Crippen LogP contribution in [0.15, 0.2) is 36.4 Å². The lowest BCUT2D eigenvalue weighted by Gasteiger charge is -2.27. The van der Waals surface area contributed by atoms with Crippen LogP contribution in [0, 0.1) is 5.92 Å². The lowest BCUT2D eigenvalue weighted by molar-refractivity contribution is 0.125. The highest BCUT2D eigenvalue weighted by Gasteiger charge is 2.26. The molecule has 4 nitrogen and oxygen atoms in total. The molecule has 29 heavy (non-hydrogen) atoms. The Bertz CT molecular complexity index is 770. The van der Waals surface area contributed by atoms with Crippen LogP contribution in [0.4, 0.5) is 0 Å². The summed E-state index contributed by atoms with van der Waals surface area (Å²) in [5, 5.41) is 19.4. The molecule has 0 fully saturated rings. The molecular weight excluding hydrogens is 435 g/mol. The van der Waals surface area contributed by atoms with Gasteiger partial charge in [-0.05, 0) is 35.4 Å².